The van der Waals surface area contributed by atoms with E-state index in [-0.39, 0.29) is 53.3 Å². The average molecular weight is 881 g/mol. The second kappa shape index (κ2) is 32.9. The third kappa shape index (κ3) is 26.7. The molecule has 0 spiro atoms. The van der Waals surface area contributed by atoms with E-state index in [2.05, 4.69) is 43.4 Å². The van der Waals surface area contributed by atoms with Crippen molar-refractivity contribution in [3.05, 3.63) is 24.3 Å². The van der Waals surface area contributed by atoms with Crippen LogP contribution in [-0.4, -0.2) is 73.4 Å². The van der Waals surface area contributed by atoms with Crippen molar-refractivity contribution in [2.45, 2.75) is 223 Å². The second-order valence-electron chi connectivity index (χ2n) is 18.0. The molecule has 0 radical (unpaired) electrons. The lowest BCUT2D eigenvalue weighted by Crippen LogP contribution is -2.40. The van der Waals surface area contributed by atoms with Gasteiger partial charge >= 0.3 is 35.8 Å². The molecule has 0 heterocycles. The summed E-state index contributed by atoms with van der Waals surface area (Å²) < 4.78 is 30.5. The van der Waals surface area contributed by atoms with Gasteiger partial charge in [-0.25, -0.2) is 19.2 Å². The largest absolute Gasteiger partial charge is 0.463 e. The summed E-state index contributed by atoms with van der Waals surface area (Å²) >= 11 is 0. The first kappa shape index (κ1) is 60.4. The number of hydrogen-bond donors (Lipinski definition) is 0. The van der Waals surface area contributed by atoms with Crippen molar-refractivity contribution >= 4 is 35.8 Å². The molecule has 0 N–H and O–H groups in total. The molecule has 2 rings (SSSR count). The number of esters is 6. The molecule has 12 nitrogen and oxygen atoms in total. The van der Waals surface area contributed by atoms with E-state index in [0.717, 1.165) is 57.8 Å². The maximum absolute atomic E-state index is 12.3. The number of carbonyl (C=O) groups is 6. The van der Waals surface area contributed by atoms with Crippen molar-refractivity contribution in [1.82, 2.24) is 0 Å². The van der Waals surface area contributed by atoms with Gasteiger partial charge in [-0.1, -0.05) is 93.2 Å². The van der Waals surface area contributed by atoms with Crippen LogP contribution in [0.2, 0.25) is 0 Å². The van der Waals surface area contributed by atoms with Gasteiger partial charge in [-0.3, -0.25) is 9.59 Å². The highest BCUT2D eigenvalue weighted by atomic mass is 16.6. The van der Waals surface area contributed by atoms with E-state index in [1.165, 1.54) is 71.1 Å². The number of ether oxygens (including phenoxy) is 6. The highest BCUT2D eigenvalue weighted by Crippen LogP contribution is 2.36. The predicted molar refractivity (Wildman–Crippen MR) is 245 cm³/mol. The van der Waals surface area contributed by atoms with Gasteiger partial charge in [0.1, 0.15) is 11.2 Å². The van der Waals surface area contributed by atoms with Gasteiger partial charge in [-0.15, -0.1) is 0 Å². The summed E-state index contributed by atoms with van der Waals surface area (Å²) in [4.78, 5) is 68.0. The van der Waals surface area contributed by atoms with Gasteiger partial charge < -0.3 is 28.4 Å². The number of carbonyl (C=O) groups excluding carboxylic acids is 6. The minimum Gasteiger partial charge on any atom is -0.463 e. The highest BCUT2D eigenvalue weighted by molar-refractivity contribution is 5.88. The topological polar surface area (TPSA) is 158 Å². The fourth-order valence-corrected chi connectivity index (χ4v) is 6.14. The Kier molecular flexibility index (Phi) is 32.0. The van der Waals surface area contributed by atoms with E-state index >= 15 is 0 Å². The molecule has 2 aliphatic rings. The molecule has 0 aromatic heterocycles. The second-order valence-corrected chi connectivity index (χ2v) is 18.0. The quantitative estimate of drug-likeness (QED) is 0.0730. The van der Waals surface area contributed by atoms with Crippen LogP contribution in [0.1, 0.15) is 212 Å². The summed E-state index contributed by atoms with van der Waals surface area (Å²) in [5.41, 5.74) is -0.492. The van der Waals surface area contributed by atoms with Gasteiger partial charge in [0.05, 0.1) is 24.0 Å². The molecule has 0 atom stereocenters. The Morgan fingerprint density at radius 1 is 0.468 bits per heavy atom. The van der Waals surface area contributed by atoms with Crippen LogP contribution in [-0.2, 0) is 57.2 Å². The molecule has 62 heavy (non-hydrogen) atoms. The summed E-state index contributed by atoms with van der Waals surface area (Å²) in [5, 5.41) is 0. The lowest BCUT2D eigenvalue weighted by molar-refractivity contribution is -0.173. The summed E-state index contributed by atoms with van der Waals surface area (Å²) in [7, 11) is 0. The Morgan fingerprint density at radius 2 is 0.806 bits per heavy atom. The smallest absolute Gasteiger partial charge is 0.344 e. The van der Waals surface area contributed by atoms with Crippen LogP contribution in [0, 0.1) is 10.8 Å². The van der Waals surface area contributed by atoms with Gasteiger partial charge in [-0.2, -0.15) is 0 Å². The van der Waals surface area contributed by atoms with Gasteiger partial charge in [0.2, 0.25) is 0 Å². The fourth-order valence-electron chi connectivity index (χ4n) is 6.14. The van der Waals surface area contributed by atoms with E-state index in [1.807, 2.05) is 34.6 Å². The molecule has 0 aliphatic heterocycles. The molecule has 360 valence electrons. The van der Waals surface area contributed by atoms with Crippen LogP contribution >= 0.6 is 0 Å². The summed E-state index contributed by atoms with van der Waals surface area (Å²) in [6.07, 6.45) is 21.6. The zero-order valence-electron chi connectivity index (χ0n) is 41.3. The van der Waals surface area contributed by atoms with Crippen LogP contribution in [0.25, 0.3) is 0 Å². The first-order valence-electron chi connectivity index (χ1n) is 23.5. The van der Waals surface area contributed by atoms with Crippen LogP contribution in [0.5, 0.6) is 0 Å². The monoisotopic (exact) mass is 881 g/mol. The van der Waals surface area contributed by atoms with Crippen molar-refractivity contribution in [1.29, 1.82) is 0 Å². The Labute approximate surface area is 376 Å². The van der Waals surface area contributed by atoms with Crippen LogP contribution < -0.4 is 0 Å². The molecule has 0 unspecified atom stereocenters. The fraction of sp³-hybridized carbons (Fsp3) is 0.800. The summed E-state index contributed by atoms with van der Waals surface area (Å²) in [6.45, 7) is 29.9. The lowest BCUT2D eigenvalue weighted by atomic mass is 9.83. The lowest BCUT2D eigenvalue weighted by Gasteiger charge is -2.37. The molecule has 2 aliphatic carbocycles. The third-order valence-electron chi connectivity index (χ3n) is 11.6. The maximum Gasteiger partial charge on any atom is 0.344 e. The van der Waals surface area contributed by atoms with Gasteiger partial charge in [0, 0.05) is 11.1 Å². The molecule has 0 bridgehead atoms. The van der Waals surface area contributed by atoms with E-state index in [0.29, 0.717) is 25.2 Å². The molecule has 0 amide bonds. The molecular formula is C50H88O12. The third-order valence-corrected chi connectivity index (χ3v) is 11.6. The van der Waals surface area contributed by atoms with Crippen LogP contribution in [0.15, 0.2) is 24.3 Å². The van der Waals surface area contributed by atoms with Crippen LogP contribution in [0.3, 0.4) is 0 Å². The Morgan fingerprint density at radius 3 is 1.15 bits per heavy atom. The van der Waals surface area contributed by atoms with Gasteiger partial charge in [0.25, 0.3) is 0 Å². The maximum atomic E-state index is 12.3. The van der Waals surface area contributed by atoms with Crippen molar-refractivity contribution in [3.8, 4) is 0 Å². The molecule has 0 saturated heterocycles. The average Bonchev–Trinajstić information content (AvgIpc) is 3.22. The minimum absolute atomic E-state index is 0.00702. The molecule has 0 aromatic carbocycles. The Bertz CT molecular complexity index is 1350. The molecule has 0 aromatic rings. The van der Waals surface area contributed by atoms with E-state index < -0.39 is 23.3 Å². The Hall–Kier alpha value is -3.70. The first-order chi connectivity index (χ1) is 29.1. The van der Waals surface area contributed by atoms with Crippen molar-refractivity contribution in [3.63, 3.8) is 0 Å². The first-order valence-corrected chi connectivity index (χ1v) is 23.5. The Balaban J connectivity index is 0. The summed E-state index contributed by atoms with van der Waals surface area (Å²) in [6, 6.07) is 0. The van der Waals surface area contributed by atoms with Crippen molar-refractivity contribution in [2.24, 2.45) is 10.8 Å². The van der Waals surface area contributed by atoms with Gasteiger partial charge in [0.15, 0.2) is 13.2 Å². The van der Waals surface area contributed by atoms with Gasteiger partial charge in [-0.05, 0) is 131 Å². The molecule has 12 heteroatoms. The molecule has 2 saturated carbocycles. The van der Waals surface area contributed by atoms with E-state index in [1.54, 1.807) is 20.8 Å². The molecule has 2 fully saturated rings. The number of rotatable bonds is 18. The zero-order chi connectivity index (χ0) is 47.8. The van der Waals surface area contributed by atoms with E-state index in [9.17, 15) is 28.8 Å². The minimum atomic E-state index is -0.576. The number of hydrogen-bond acceptors (Lipinski definition) is 12. The predicted octanol–water partition coefficient (Wildman–Crippen LogP) is 11.8. The highest BCUT2D eigenvalue weighted by Gasteiger charge is 2.37. The van der Waals surface area contributed by atoms with E-state index in [4.69, 9.17) is 18.9 Å². The SMILES string of the molecule is C=C(C)C(=O)OC1(CC)CCCCCCC1.C=C(C)C(=O)OCC(=O)OCCC.CCC1(OC(=O)C(C)(C)CC)CCCCCCC1.CCCOC(=O)COC(=O)C(C)(C)CC. The summed E-state index contributed by atoms with van der Waals surface area (Å²) in [5.74, 6) is -2.18. The normalized spacial score (nSPS) is 15.9. The zero-order valence-corrected chi connectivity index (χ0v) is 41.3. The van der Waals surface area contributed by atoms with Crippen LogP contribution in [0.4, 0.5) is 0 Å². The molecular weight excluding hydrogens is 793 g/mol. The van der Waals surface area contributed by atoms with Crippen molar-refractivity contribution < 1.29 is 57.2 Å². The van der Waals surface area contributed by atoms with Crippen molar-refractivity contribution in [2.75, 3.05) is 26.4 Å². The standard InChI is InChI=1S/C16H30O2.C14H24O2.C11H20O4.C9H14O4/c1-5-15(3,4)14(17)18-16(6-2)12-10-8-7-9-11-13-16;1-4-14(16-13(15)12(2)3)10-8-6-5-7-9-11-14;1-5-7-14-9(12)8-15-10(13)11(3,4)6-2;1-4-5-12-8(10)6-13-9(11)7(2)3/h5-13H2,1-4H3;2,4-11H2,1,3H3;5-8H2,1-4H3;2,4-6H2,1,3H3.